The highest BCUT2D eigenvalue weighted by Gasteiger charge is 2.13. The number of hydrogen-bond acceptors (Lipinski definition) is 3. The van der Waals surface area contributed by atoms with Crippen LogP contribution in [0.2, 0.25) is 5.02 Å². The molecule has 1 aromatic carbocycles. The number of fused-ring (bicyclic) bond motifs is 1. The fourth-order valence-electron chi connectivity index (χ4n) is 1.25. The van der Waals surface area contributed by atoms with Crippen LogP contribution in [0, 0.1) is 0 Å². The predicted molar refractivity (Wildman–Crippen MR) is 50.4 cm³/mol. The van der Waals surface area contributed by atoms with Crippen molar-refractivity contribution in [1.82, 2.24) is 5.16 Å². The number of halogens is 1. The lowest BCUT2D eigenvalue weighted by Gasteiger charge is -1.91. The van der Waals surface area contributed by atoms with Gasteiger partial charge in [0, 0.05) is 5.39 Å². The van der Waals surface area contributed by atoms with Crippen molar-refractivity contribution < 1.29 is 14.4 Å². The zero-order chi connectivity index (χ0) is 10.1. The van der Waals surface area contributed by atoms with Gasteiger partial charge in [-0.3, -0.25) is 4.79 Å². The largest absolute Gasteiger partial charge is 0.481 e. The molecule has 0 atom stereocenters. The molecule has 72 valence electrons. The highest BCUT2D eigenvalue weighted by molar-refractivity contribution is 6.35. The Balaban J connectivity index is 2.58. The quantitative estimate of drug-likeness (QED) is 0.826. The van der Waals surface area contributed by atoms with Crippen molar-refractivity contribution >= 4 is 28.5 Å². The maximum atomic E-state index is 10.5. The van der Waals surface area contributed by atoms with Gasteiger partial charge in [0.25, 0.3) is 0 Å². The van der Waals surface area contributed by atoms with Crippen LogP contribution in [0.25, 0.3) is 10.9 Å². The Labute approximate surface area is 84.1 Å². The number of rotatable bonds is 2. The Morgan fingerprint density at radius 2 is 2.36 bits per heavy atom. The van der Waals surface area contributed by atoms with Gasteiger partial charge in [-0.05, 0) is 12.1 Å². The first-order valence-electron chi connectivity index (χ1n) is 3.93. The van der Waals surface area contributed by atoms with E-state index < -0.39 is 5.97 Å². The molecular weight excluding hydrogens is 206 g/mol. The second kappa shape index (κ2) is 3.31. The molecule has 0 amide bonds. The van der Waals surface area contributed by atoms with E-state index in [0.29, 0.717) is 21.7 Å². The van der Waals surface area contributed by atoms with Crippen LogP contribution < -0.4 is 0 Å². The number of carboxylic acids is 1. The second-order valence-corrected chi connectivity index (χ2v) is 3.22. The molecule has 0 unspecified atom stereocenters. The number of aromatic nitrogens is 1. The summed E-state index contributed by atoms with van der Waals surface area (Å²) in [4.78, 5) is 10.5. The summed E-state index contributed by atoms with van der Waals surface area (Å²) < 4.78 is 4.89. The molecule has 2 rings (SSSR count). The number of hydrogen-bond donors (Lipinski definition) is 1. The lowest BCUT2D eigenvalue weighted by atomic mass is 10.2. The van der Waals surface area contributed by atoms with E-state index in [0.717, 1.165) is 0 Å². The SMILES string of the molecule is O=C(O)Cc1onc2c(Cl)cccc12. The monoisotopic (exact) mass is 211 g/mol. The molecule has 0 aliphatic rings. The maximum Gasteiger partial charge on any atom is 0.311 e. The normalized spacial score (nSPS) is 10.6. The number of aliphatic carboxylic acids is 1. The van der Waals surface area contributed by atoms with Gasteiger partial charge >= 0.3 is 5.97 Å². The van der Waals surface area contributed by atoms with Gasteiger partial charge < -0.3 is 9.63 Å². The highest BCUT2D eigenvalue weighted by atomic mass is 35.5. The smallest absolute Gasteiger partial charge is 0.311 e. The van der Waals surface area contributed by atoms with E-state index in [1.54, 1.807) is 18.2 Å². The van der Waals surface area contributed by atoms with Crippen molar-refractivity contribution in [3.8, 4) is 0 Å². The Morgan fingerprint density at radius 1 is 1.57 bits per heavy atom. The van der Waals surface area contributed by atoms with Gasteiger partial charge in [0.05, 0.1) is 5.02 Å². The fraction of sp³-hybridized carbons (Fsp3) is 0.111. The van der Waals surface area contributed by atoms with Gasteiger partial charge in [-0.25, -0.2) is 0 Å². The summed E-state index contributed by atoms with van der Waals surface area (Å²) in [5, 5.41) is 13.4. The van der Waals surface area contributed by atoms with E-state index in [9.17, 15) is 4.79 Å². The van der Waals surface area contributed by atoms with Crippen LogP contribution in [0.4, 0.5) is 0 Å². The number of nitrogens with zero attached hydrogens (tertiary/aromatic N) is 1. The van der Waals surface area contributed by atoms with Crippen molar-refractivity contribution in [3.05, 3.63) is 29.0 Å². The first kappa shape index (κ1) is 9.02. The van der Waals surface area contributed by atoms with E-state index >= 15 is 0 Å². The molecule has 0 radical (unpaired) electrons. The summed E-state index contributed by atoms with van der Waals surface area (Å²) >= 11 is 5.84. The average Bonchev–Trinajstić information content (AvgIpc) is 2.49. The molecule has 0 fully saturated rings. The van der Waals surface area contributed by atoms with Crippen LogP contribution in [-0.2, 0) is 11.2 Å². The van der Waals surface area contributed by atoms with E-state index in [1.165, 1.54) is 0 Å². The Morgan fingerprint density at radius 3 is 3.07 bits per heavy atom. The van der Waals surface area contributed by atoms with Crippen molar-refractivity contribution in [2.24, 2.45) is 0 Å². The summed E-state index contributed by atoms with van der Waals surface area (Å²) in [6, 6.07) is 5.14. The molecule has 0 aliphatic carbocycles. The number of benzene rings is 1. The summed E-state index contributed by atoms with van der Waals surface area (Å²) in [6.45, 7) is 0. The van der Waals surface area contributed by atoms with E-state index in [-0.39, 0.29) is 6.42 Å². The summed E-state index contributed by atoms with van der Waals surface area (Å²) in [6.07, 6.45) is -0.184. The molecule has 1 N–H and O–H groups in total. The van der Waals surface area contributed by atoms with Crippen molar-refractivity contribution in [2.45, 2.75) is 6.42 Å². The molecule has 0 aliphatic heterocycles. The van der Waals surface area contributed by atoms with Gasteiger partial charge in [0.15, 0.2) is 5.76 Å². The topological polar surface area (TPSA) is 63.3 Å². The van der Waals surface area contributed by atoms with Gasteiger partial charge in [0.1, 0.15) is 11.9 Å². The van der Waals surface area contributed by atoms with Crippen LogP contribution in [0.3, 0.4) is 0 Å². The lowest BCUT2D eigenvalue weighted by Crippen LogP contribution is -1.98. The molecule has 5 heteroatoms. The van der Waals surface area contributed by atoms with Gasteiger partial charge in [0.2, 0.25) is 0 Å². The molecule has 0 bridgehead atoms. The van der Waals surface area contributed by atoms with Crippen LogP contribution in [0.5, 0.6) is 0 Å². The van der Waals surface area contributed by atoms with Gasteiger partial charge in [-0.1, -0.05) is 22.8 Å². The van der Waals surface area contributed by atoms with Crippen LogP contribution >= 0.6 is 11.6 Å². The molecule has 0 saturated heterocycles. The molecule has 1 aromatic heterocycles. The molecule has 0 saturated carbocycles. The fourth-order valence-corrected chi connectivity index (χ4v) is 1.46. The summed E-state index contributed by atoms with van der Waals surface area (Å²) in [7, 11) is 0. The third kappa shape index (κ3) is 1.44. The zero-order valence-electron chi connectivity index (χ0n) is 7.03. The molecule has 2 aromatic rings. The minimum atomic E-state index is -0.956. The maximum absolute atomic E-state index is 10.5. The van der Waals surface area contributed by atoms with Crippen molar-refractivity contribution in [2.75, 3.05) is 0 Å². The highest BCUT2D eigenvalue weighted by Crippen LogP contribution is 2.25. The van der Waals surface area contributed by atoms with Crippen molar-refractivity contribution in [3.63, 3.8) is 0 Å². The number of carboxylic acid groups (broad SMARTS) is 1. The number of carbonyl (C=O) groups is 1. The minimum absolute atomic E-state index is 0.184. The first-order chi connectivity index (χ1) is 6.68. The van der Waals surface area contributed by atoms with E-state index in [4.69, 9.17) is 21.2 Å². The van der Waals surface area contributed by atoms with Crippen LogP contribution in [-0.4, -0.2) is 16.2 Å². The van der Waals surface area contributed by atoms with Gasteiger partial charge in [-0.2, -0.15) is 0 Å². The molecular formula is C9H6ClNO3. The van der Waals surface area contributed by atoms with E-state index in [2.05, 4.69) is 5.16 Å². The Hall–Kier alpha value is -1.55. The third-order valence-electron chi connectivity index (χ3n) is 1.85. The predicted octanol–water partition coefficient (Wildman–Crippen LogP) is 2.11. The second-order valence-electron chi connectivity index (χ2n) is 2.81. The van der Waals surface area contributed by atoms with Crippen molar-refractivity contribution in [1.29, 1.82) is 0 Å². The third-order valence-corrected chi connectivity index (χ3v) is 2.15. The Kier molecular flexibility index (Phi) is 2.13. The molecule has 4 nitrogen and oxygen atoms in total. The first-order valence-corrected chi connectivity index (χ1v) is 4.31. The molecule has 1 heterocycles. The zero-order valence-corrected chi connectivity index (χ0v) is 7.78. The summed E-state index contributed by atoms with van der Waals surface area (Å²) in [5.74, 6) is -0.627. The summed E-state index contributed by atoms with van der Waals surface area (Å²) in [5.41, 5.74) is 0.505. The van der Waals surface area contributed by atoms with Crippen LogP contribution in [0.1, 0.15) is 5.76 Å². The molecule has 0 spiro atoms. The average molecular weight is 212 g/mol. The lowest BCUT2D eigenvalue weighted by molar-refractivity contribution is -0.136. The van der Waals surface area contributed by atoms with Crippen LogP contribution in [0.15, 0.2) is 22.7 Å². The molecule has 14 heavy (non-hydrogen) atoms. The standard InChI is InChI=1S/C9H6ClNO3/c10-6-3-1-2-5-7(4-8(12)13)14-11-9(5)6/h1-3H,4H2,(H,12,13). The Bertz CT molecular complexity index is 492. The van der Waals surface area contributed by atoms with Gasteiger partial charge in [-0.15, -0.1) is 0 Å². The van der Waals surface area contributed by atoms with E-state index in [1.807, 2.05) is 0 Å². The minimum Gasteiger partial charge on any atom is -0.481 e.